The van der Waals surface area contributed by atoms with Crippen LogP contribution >= 0.6 is 11.6 Å². The zero-order chi connectivity index (χ0) is 17.8. The fourth-order valence-electron chi connectivity index (χ4n) is 2.70. The number of rotatable bonds is 4. The van der Waals surface area contributed by atoms with Gasteiger partial charge >= 0.3 is 6.03 Å². The van der Waals surface area contributed by atoms with E-state index in [1.54, 1.807) is 48.4 Å². The van der Waals surface area contributed by atoms with Crippen molar-refractivity contribution >= 4 is 34.9 Å². The lowest BCUT2D eigenvalue weighted by Gasteiger charge is -2.17. The summed E-state index contributed by atoms with van der Waals surface area (Å²) in [4.78, 5) is 26.0. The summed E-state index contributed by atoms with van der Waals surface area (Å²) < 4.78 is 5.12. The first kappa shape index (κ1) is 17.1. The molecular formula is C18H18ClN3O3. The summed E-state index contributed by atoms with van der Waals surface area (Å²) in [5, 5.41) is 6.15. The Morgan fingerprint density at radius 3 is 2.48 bits per heavy atom. The number of ether oxygens (including phenoxy) is 1. The summed E-state index contributed by atoms with van der Waals surface area (Å²) in [6, 6.07) is 13.5. The lowest BCUT2D eigenvalue weighted by molar-refractivity contribution is -0.117. The van der Waals surface area contributed by atoms with E-state index in [1.807, 2.05) is 12.1 Å². The van der Waals surface area contributed by atoms with Crippen LogP contribution in [0.4, 0.5) is 16.2 Å². The molecule has 0 aromatic heterocycles. The van der Waals surface area contributed by atoms with Gasteiger partial charge in [0, 0.05) is 29.4 Å². The van der Waals surface area contributed by atoms with Gasteiger partial charge in [0.1, 0.15) is 5.75 Å². The molecule has 25 heavy (non-hydrogen) atoms. The van der Waals surface area contributed by atoms with Gasteiger partial charge in [-0.25, -0.2) is 4.79 Å². The van der Waals surface area contributed by atoms with E-state index in [9.17, 15) is 9.59 Å². The third kappa shape index (κ3) is 4.22. The summed E-state index contributed by atoms with van der Waals surface area (Å²) in [6.45, 7) is 0.430. The van der Waals surface area contributed by atoms with Gasteiger partial charge in [-0.2, -0.15) is 0 Å². The second-order valence-electron chi connectivity index (χ2n) is 5.71. The zero-order valence-corrected chi connectivity index (χ0v) is 14.4. The molecule has 7 heteroatoms. The van der Waals surface area contributed by atoms with Crippen LogP contribution in [0.2, 0.25) is 5.02 Å². The van der Waals surface area contributed by atoms with E-state index in [-0.39, 0.29) is 24.4 Å². The van der Waals surface area contributed by atoms with Crippen LogP contribution in [0.1, 0.15) is 6.42 Å². The molecule has 2 aromatic carbocycles. The van der Waals surface area contributed by atoms with E-state index in [4.69, 9.17) is 16.3 Å². The van der Waals surface area contributed by atoms with Crippen LogP contribution < -0.4 is 20.3 Å². The number of carbonyl (C=O) groups excluding carboxylic acids is 2. The molecule has 0 aliphatic carbocycles. The van der Waals surface area contributed by atoms with Gasteiger partial charge < -0.3 is 20.3 Å². The molecule has 0 spiro atoms. The Bertz CT molecular complexity index is 762. The Hall–Kier alpha value is -2.73. The molecular weight excluding hydrogens is 342 g/mol. The van der Waals surface area contributed by atoms with E-state index >= 15 is 0 Å². The minimum atomic E-state index is -0.350. The largest absolute Gasteiger partial charge is 0.497 e. The van der Waals surface area contributed by atoms with E-state index in [0.717, 1.165) is 11.4 Å². The summed E-state index contributed by atoms with van der Waals surface area (Å²) >= 11 is 5.82. The van der Waals surface area contributed by atoms with Gasteiger partial charge in [0.2, 0.25) is 5.91 Å². The van der Waals surface area contributed by atoms with Crippen LogP contribution in [-0.2, 0) is 4.79 Å². The maximum Gasteiger partial charge on any atom is 0.319 e. The second-order valence-corrected chi connectivity index (χ2v) is 6.15. The van der Waals surface area contributed by atoms with Crippen LogP contribution in [0.25, 0.3) is 0 Å². The molecule has 1 atom stereocenters. The molecule has 1 heterocycles. The first-order valence-corrected chi connectivity index (χ1v) is 8.20. The Morgan fingerprint density at radius 2 is 1.84 bits per heavy atom. The maximum atomic E-state index is 12.2. The highest BCUT2D eigenvalue weighted by Gasteiger charge is 2.31. The van der Waals surface area contributed by atoms with Gasteiger partial charge in [0.15, 0.2) is 0 Å². The van der Waals surface area contributed by atoms with Gasteiger partial charge in [-0.3, -0.25) is 4.79 Å². The fraction of sp³-hybridized carbons (Fsp3) is 0.222. The lowest BCUT2D eigenvalue weighted by atomic mass is 10.2. The van der Waals surface area contributed by atoms with E-state index in [1.165, 1.54) is 0 Å². The Morgan fingerprint density at radius 1 is 1.16 bits per heavy atom. The second kappa shape index (κ2) is 7.44. The van der Waals surface area contributed by atoms with Crippen LogP contribution in [0.15, 0.2) is 48.5 Å². The molecule has 0 radical (unpaired) electrons. The molecule has 1 aliphatic heterocycles. The van der Waals surface area contributed by atoms with Gasteiger partial charge in [-0.15, -0.1) is 0 Å². The molecule has 1 fully saturated rings. The summed E-state index contributed by atoms with van der Waals surface area (Å²) in [7, 11) is 1.59. The number of nitrogens with zero attached hydrogens (tertiary/aromatic N) is 1. The van der Waals surface area contributed by atoms with Crippen LogP contribution in [0, 0.1) is 0 Å². The average Bonchev–Trinajstić information content (AvgIpc) is 2.97. The smallest absolute Gasteiger partial charge is 0.319 e. The standard InChI is InChI=1S/C18H18ClN3O3/c1-25-16-8-6-15(7-9-16)22-11-14(10-17(22)23)21-18(24)20-13-4-2-12(19)3-5-13/h2-9,14H,10-11H2,1H3,(H2,20,21,24)/t14-/m1/s1. The molecule has 130 valence electrons. The molecule has 1 saturated heterocycles. The number of benzene rings is 2. The molecule has 6 nitrogen and oxygen atoms in total. The van der Waals surface area contributed by atoms with Crippen molar-refractivity contribution in [1.29, 1.82) is 0 Å². The Kier molecular flexibility index (Phi) is 5.09. The predicted octanol–water partition coefficient (Wildman–Crippen LogP) is 3.28. The maximum absolute atomic E-state index is 12.2. The Labute approximate surface area is 150 Å². The third-order valence-corrected chi connectivity index (χ3v) is 4.20. The predicted molar refractivity (Wildman–Crippen MR) is 97.4 cm³/mol. The molecule has 2 N–H and O–H groups in total. The zero-order valence-electron chi connectivity index (χ0n) is 13.7. The average molecular weight is 360 g/mol. The molecule has 0 saturated carbocycles. The SMILES string of the molecule is COc1ccc(N2C[C@H](NC(=O)Nc3ccc(Cl)cc3)CC2=O)cc1. The lowest BCUT2D eigenvalue weighted by Crippen LogP contribution is -2.39. The first-order chi connectivity index (χ1) is 12.0. The minimum absolute atomic E-state index is 0.0260. The molecule has 0 bridgehead atoms. The number of halogens is 1. The fourth-order valence-corrected chi connectivity index (χ4v) is 2.83. The molecule has 1 aliphatic rings. The van der Waals surface area contributed by atoms with Crippen molar-refractivity contribution < 1.29 is 14.3 Å². The topological polar surface area (TPSA) is 70.7 Å². The molecule has 2 aromatic rings. The minimum Gasteiger partial charge on any atom is -0.497 e. The third-order valence-electron chi connectivity index (χ3n) is 3.95. The van der Waals surface area contributed by atoms with E-state index in [0.29, 0.717) is 17.3 Å². The number of hydrogen-bond donors (Lipinski definition) is 2. The highest BCUT2D eigenvalue weighted by molar-refractivity contribution is 6.30. The summed E-state index contributed by atoms with van der Waals surface area (Å²) in [5.41, 5.74) is 1.42. The van der Waals surface area contributed by atoms with Crippen molar-refractivity contribution in [1.82, 2.24) is 5.32 Å². The van der Waals surface area contributed by atoms with Crippen LogP contribution in [-0.4, -0.2) is 31.6 Å². The number of nitrogens with one attached hydrogen (secondary N) is 2. The van der Waals surface area contributed by atoms with Crippen molar-refractivity contribution in [2.75, 3.05) is 23.9 Å². The normalized spacial score (nSPS) is 16.6. The van der Waals surface area contributed by atoms with Crippen LogP contribution in [0.5, 0.6) is 5.75 Å². The highest BCUT2D eigenvalue weighted by Crippen LogP contribution is 2.24. The van der Waals surface area contributed by atoms with Crippen molar-refractivity contribution in [3.63, 3.8) is 0 Å². The van der Waals surface area contributed by atoms with Crippen molar-refractivity contribution in [3.8, 4) is 5.75 Å². The van der Waals surface area contributed by atoms with Crippen LogP contribution in [0.3, 0.4) is 0 Å². The van der Waals surface area contributed by atoms with Crippen molar-refractivity contribution in [3.05, 3.63) is 53.6 Å². The van der Waals surface area contributed by atoms with E-state index < -0.39 is 0 Å². The number of anilines is 2. The van der Waals surface area contributed by atoms with Gasteiger partial charge in [-0.1, -0.05) is 11.6 Å². The van der Waals surface area contributed by atoms with Gasteiger partial charge in [-0.05, 0) is 48.5 Å². The number of urea groups is 1. The Balaban J connectivity index is 1.58. The molecule has 0 unspecified atom stereocenters. The number of carbonyl (C=O) groups is 2. The van der Waals surface area contributed by atoms with Crippen molar-refractivity contribution in [2.45, 2.75) is 12.5 Å². The van der Waals surface area contributed by atoms with Gasteiger partial charge in [0.25, 0.3) is 0 Å². The number of hydrogen-bond acceptors (Lipinski definition) is 3. The molecule has 3 rings (SSSR count). The monoisotopic (exact) mass is 359 g/mol. The number of methoxy groups -OCH3 is 1. The van der Waals surface area contributed by atoms with E-state index in [2.05, 4.69) is 10.6 Å². The van der Waals surface area contributed by atoms with Crippen molar-refractivity contribution in [2.24, 2.45) is 0 Å². The highest BCUT2D eigenvalue weighted by atomic mass is 35.5. The quantitative estimate of drug-likeness (QED) is 0.880. The first-order valence-electron chi connectivity index (χ1n) is 7.82. The summed E-state index contributed by atoms with van der Waals surface area (Å²) in [6.07, 6.45) is 0.264. The van der Waals surface area contributed by atoms with Gasteiger partial charge in [0.05, 0.1) is 13.2 Å². The summed E-state index contributed by atoms with van der Waals surface area (Å²) in [5.74, 6) is 0.703. The molecule has 3 amide bonds. The number of amides is 3.